The number of urea groups is 1. The molecule has 1 aromatic heterocycles. The van der Waals surface area contributed by atoms with E-state index in [0.717, 1.165) is 30.5 Å². The first-order valence-electron chi connectivity index (χ1n) is 8.11. The number of amides is 2. The van der Waals surface area contributed by atoms with Gasteiger partial charge in [0.15, 0.2) is 0 Å². The Bertz CT molecular complexity index is 671. The number of carbonyl (C=O) groups is 1. The number of hydrogen-bond donors (Lipinski definition) is 3. The average molecular weight is 349 g/mol. The van der Waals surface area contributed by atoms with Crippen molar-refractivity contribution in [3.05, 3.63) is 52.3 Å². The molecule has 3 N–H and O–H groups in total. The van der Waals surface area contributed by atoms with E-state index in [-0.39, 0.29) is 12.1 Å². The zero-order valence-corrected chi connectivity index (χ0v) is 14.1. The number of nitrogens with zero attached hydrogens (tertiary/aromatic N) is 1. The number of carbonyl (C=O) groups excluding carboxylic acids is 1. The van der Waals surface area contributed by atoms with Crippen LogP contribution in [-0.2, 0) is 17.8 Å². The smallest absolute Gasteiger partial charge is 0.315 e. The third-order valence-corrected chi connectivity index (χ3v) is 4.31. The molecule has 0 saturated carbocycles. The average Bonchev–Trinajstić information content (AvgIpc) is 3.06. The number of rotatable bonds is 6. The van der Waals surface area contributed by atoms with E-state index in [1.807, 2.05) is 30.5 Å². The van der Waals surface area contributed by atoms with E-state index in [2.05, 4.69) is 20.8 Å². The van der Waals surface area contributed by atoms with E-state index in [4.69, 9.17) is 16.3 Å². The van der Waals surface area contributed by atoms with Crippen molar-refractivity contribution in [2.75, 3.05) is 13.2 Å². The van der Waals surface area contributed by atoms with E-state index in [0.29, 0.717) is 24.8 Å². The maximum Gasteiger partial charge on any atom is 0.315 e. The van der Waals surface area contributed by atoms with E-state index >= 15 is 0 Å². The molecule has 0 aliphatic heterocycles. The minimum atomic E-state index is -0.183. The number of aryl methyl sites for hydroxylation is 1. The predicted octanol–water partition coefficient (Wildman–Crippen LogP) is 2.96. The molecule has 0 spiro atoms. The van der Waals surface area contributed by atoms with Crippen molar-refractivity contribution >= 4 is 17.6 Å². The predicted molar refractivity (Wildman–Crippen MR) is 91.9 cm³/mol. The minimum absolute atomic E-state index is 0.00577. The molecule has 2 aromatic rings. The number of nitrogens with one attached hydrogen (secondary N) is 3. The standard InChI is InChI=1S/C17H21ClN4O2/c18-14-6-4-12(5-7-14)11-24-9-8-19-17(23)21-15-3-1-2-13-10-20-22-16(13)15/h4-7,10,15H,1-3,8-9,11H2,(H,20,22)(H2,19,21,23). The highest BCUT2D eigenvalue weighted by atomic mass is 35.5. The molecule has 1 aliphatic carbocycles. The van der Waals surface area contributed by atoms with Gasteiger partial charge in [0.2, 0.25) is 0 Å². The largest absolute Gasteiger partial charge is 0.375 e. The topological polar surface area (TPSA) is 79.0 Å². The molecule has 6 nitrogen and oxygen atoms in total. The molecule has 1 atom stereocenters. The van der Waals surface area contributed by atoms with E-state index in [9.17, 15) is 4.79 Å². The number of ether oxygens (including phenoxy) is 1. The summed E-state index contributed by atoms with van der Waals surface area (Å²) in [6.45, 7) is 1.42. The van der Waals surface area contributed by atoms with Crippen LogP contribution in [0, 0.1) is 0 Å². The van der Waals surface area contributed by atoms with Gasteiger partial charge in [-0.15, -0.1) is 0 Å². The molecule has 1 unspecified atom stereocenters. The highest BCUT2D eigenvalue weighted by molar-refractivity contribution is 6.30. The number of aromatic amines is 1. The molecule has 0 saturated heterocycles. The second kappa shape index (κ2) is 8.17. The third kappa shape index (κ3) is 4.49. The molecule has 0 radical (unpaired) electrons. The van der Waals surface area contributed by atoms with Gasteiger partial charge in [0.25, 0.3) is 0 Å². The lowest BCUT2D eigenvalue weighted by molar-refractivity contribution is 0.123. The summed E-state index contributed by atoms with van der Waals surface area (Å²) in [6.07, 6.45) is 4.84. The number of fused-ring (bicyclic) bond motifs is 1. The first kappa shape index (κ1) is 16.8. The lowest BCUT2D eigenvalue weighted by Crippen LogP contribution is -2.40. The van der Waals surface area contributed by atoms with Gasteiger partial charge in [0.1, 0.15) is 0 Å². The highest BCUT2D eigenvalue weighted by Crippen LogP contribution is 2.27. The van der Waals surface area contributed by atoms with Crippen molar-refractivity contribution in [3.63, 3.8) is 0 Å². The summed E-state index contributed by atoms with van der Waals surface area (Å²) in [5.74, 6) is 0. The number of halogens is 1. The fourth-order valence-electron chi connectivity index (χ4n) is 2.82. The Morgan fingerprint density at radius 2 is 2.21 bits per heavy atom. The molecular formula is C17H21ClN4O2. The number of benzene rings is 1. The molecule has 3 rings (SSSR count). The van der Waals surface area contributed by atoms with Crippen LogP contribution in [0.1, 0.15) is 35.7 Å². The van der Waals surface area contributed by atoms with Crippen LogP contribution in [0.15, 0.2) is 30.5 Å². The van der Waals surface area contributed by atoms with E-state index in [1.165, 1.54) is 5.56 Å². The minimum Gasteiger partial charge on any atom is -0.375 e. The maximum atomic E-state index is 12.0. The molecule has 128 valence electrons. The summed E-state index contributed by atoms with van der Waals surface area (Å²) < 4.78 is 5.54. The summed E-state index contributed by atoms with van der Waals surface area (Å²) in [4.78, 5) is 12.0. The van der Waals surface area contributed by atoms with Crippen molar-refractivity contribution in [2.45, 2.75) is 31.9 Å². The second-order valence-electron chi connectivity index (χ2n) is 5.83. The van der Waals surface area contributed by atoms with Crippen molar-refractivity contribution in [3.8, 4) is 0 Å². The molecular weight excluding hydrogens is 328 g/mol. The quantitative estimate of drug-likeness (QED) is 0.702. The summed E-state index contributed by atoms with van der Waals surface area (Å²) in [6, 6.07) is 7.34. The van der Waals surface area contributed by atoms with Crippen LogP contribution >= 0.6 is 11.6 Å². The Morgan fingerprint density at radius 3 is 3.04 bits per heavy atom. The first-order chi connectivity index (χ1) is 11.7. The molecule has 24 heavy (non-hydrogen) atoms. The zero-order chi connectivity index (χ0) is 16.8. The summed E-state index contributed by atoms with van der Waals surface area (Å²) in [7, 11) is 0. The maximum absolute atomic E-state index is 12.0. The van der Waals surface area contributed by atoms with Crippen molar-refractivity contribution < 1.29 is 9.53 Å². The van der Waals surface area contributed by atoms with Gasteiger partial charge >= 0.3 is 6.03 Å². The van der Waals surface area contributed by atoms with Gasteiger partial charge in [-0.3, -0.25) is 5.10 Å². The molecule has 2 amide bonds. The number of hydrogen-bond acceptors (Lipinski definition) is 3. The van der Waals surface area contributed by atoms with Crippen LogP contribution in [-0.4, -0.2) is 29.4 Å². The lowest BCUT2D eigenvalue weighted by atomic mass is 9.94. The Kier molecular flexibility index (Phi) is 5.72. The molecule has 0 fully saturated rings. The van der Waals surface area contributed by atoms with E-state index < -0.39 is 0 Å². The lowest BCUT2D eigenvalue weighted by Gasteiger charge is -2.23. The van der Waals surface area contributed by atoms with Crippen LogP contribution in [0.3, 0.4) is 0 Å². The van der Waals surface area contributed by atoms with Gasteiger partial charge in [0.05, 0.1) is 31.1 Å². The monoisotopic (exact) mass is 348 g/mol. The fourth-order valence-corrected chi connectivity index (χ4v) is 2.95. The Morgan fingerprint density at radius 1 is 1.38 bits per heavy atom. The Hall–Kier alpha value is -2.05. The summed E-state index contributed by atoms with van der Waals surface area (Å²) >= 11 is 5.83. The van der Waals surface area contributed by atoms with Gasteiger partial charge in [0, 0.05) is 11.6 Å². The second-order valence-corrected chi connectivity index (χ2v) is 6.27. The van der Waals surface area contributed by atoms with Gasteiger partial charge in [-0.1, -0.05) is 23.7 Å². The third-order valence-electron chi connectivity index (χ3n) is 4.06. The number of H-pyrrole nitrogens is 1. The van der Waals surface area contributed by atoms with E-state index in [1.54, 1.807) is 0 Å². The van der Waals surface area contributed by atoms with Crippen LogP contribution in [0.5, 0.6) is 0 Å². The summed E-state index contributed by atoms with van der Waals surface area (Å²) in [5.41, 5.74) is 3.27. The van der Waals surface area contributed by atoms with Crippen LogP contribution in [0.2, 0.25) is 5.02 Å². The van der Waals surface area contributed by atoms with Crippen molar-refractivity contribution in [1.82, 2.24) is 20.8 Å². The molecule has 1 aliphatic rings. The summed E-state index contributed by atoms with van der Waals surface area (Å²) in [5, 5.41) is 13.6. The van der Waals surface area contributed by atoms with Crippen LogP contribution in [0.4, 0.5) is 4.79 Å². The first-order valence-corrected chi connectivity index (χ1v) is 8.49. The molecule has 7 heteroatoms. The highest BCUT2D eigenvalue weighted by Gasteiger charge is 2.23. The van der Waals surface area contributed by atoms with Gasteiger partial charge < -0.3 is 15.4 Å². The molecule has 1 aromatic carbocycles. The van der Waals surface area contributed by atoms with Gasteiger partial charge in [-0.05, 0) is 42.5 Å². The SMILES string of the molecule is O=C(NCCOCc1ccc(Cl)cc1)NC1CCCc2cn[nH]c21. The molecule has 0 bridgehead atoms. The number of aromatic nitrogens is 2. The van der Waals surface area contributed by atoms with Gasteiger partial charge in [-0.2, -0.15) is 5.10 Å². The normalized spacial score (nSPS) is 16.5. The fraction of sp³-hybridized carbons (Fsp3) is 0.412. The van der Waals surface area contributed by atoms with Crippen molar-refractivity contribution in [1.29, 1.82) is 0 Å². The molecule has 1 heterocycles. The Balaban J connectivity index is 1.34. The Labute approximate surface area is 145 Å². The van der Waals surface area contributed by atoms with Crippen molar-refractivity contribution in [2.24, 2.45) is 0 Å². The zero-order valence-electron chi connectivity index (χ0n) is 13.3. The van der Waals surface area contributed by atoms with Crippen LogP contribution in [0.25, 0.3) is 0 Å². The van der Waals surface area contributed by atoms with Crippen LogP contribution < -0.4 is 10.6 Å². The van der Waals surface area contributed by atoms with Gasteiger partial charge in [-0.25, -0.2) is 4.79 Å².